The SMILES string of the molecule is NC(=O)N=NC1=C(O)C2CC(O)CCC2C1=O. The smallest absolute Gasteiger partial charge is 0.356 e. The second-order valence-electron chi connectivity index (χ2n) is 4.32. The first-order chi connectivity index (χ1) is 8.00. The van der Waals surface area contributed by atoms with E-state index in [4.69, 9.17) is 5.73 Å². The lowest BCUT2D eigenvalue weighted by molar-refractivity contribution is -0.120. The molecule has 2 rings (SSSR count). The van der Waals surface area contributed by atoms with Gasteiger partial charge in [0, 0.05) is 11.8 Å². The van der Waals surface area contributed by atoms with E-state index in [9.17, 15) is 19.8 Å². The number of rotatable bonds is 1. The minimum atomic E-state index is -1.02. The molecule has 0 aromatic carbocycles. The zero-order valence-electron chi connectivity index (χ0n) is 9.04. The summed E-state index contributed by atoms with van der Waals surface area (Å²) in [5.74, 6) is -1.29. The summed E-state index contributed by atoms with van der Waals surface area (Å²) in [6, 6.07) is -1.02. The van der Waals surface area contributed by atoms with Gasteiger partial charge >= 0.3 is 6.03 Å². The van der Waals surface area contributed by atoms with E-state index in [1.54, 1.807) is 0 Å². The predicted octanol–water partition coefficient (Wildman–Crippen LogP) is 0.647. The number of primary amides is 1. The minimum Gasteiger partial charge on any atom is -0.510 e. The maximum Gasteiger partial charge on any atom is 0.356 e. The van der Waals surface area contributed by atoms with Gasteiger partial charge in [-0.25, -0.2) is 4.79 Å². The largest absolute Gasteiger partial charge is 0.510 e. The molecule has 92 valence electrons. The van der Waals surface area contributed by atoms with E-state index >= 15 is 0 Å². The number of aliphatic hydroxyl groups excluding tert-OH is 2. The Morgan fingerprint density at radius 3 is 2.71 bits per heavy atom. The molecule has 0 spiro atoms. The number of azo groups is 1. The van der Waals surface area contributed by atoms with Crippen LogP contribution in [0.3, 0.4) is 0 Å². The van der Waals surface area contributed by atoms with Crippen molar-refractivity contribution >= 4 is 11.8 Å². The highest BCUT2D eigenvalue weighted by molar-refractivity contribution is 6.00. The maximum atomic E-state index is 11.9. The minimum absolute atomic E-state index is 0.191. The Hall–Kier alpha value is -1.76. The summed E-state index contributed by atoms with van der Waals surface area (Å²) in [5, 5.41) is 25.7. The van der Waals surface area contributed by atoms with Gasteiger partial charge in [-0.1, -0.05) is 5.11 Å². The lowest BCUT2D eigenvalue weighted by Gasteiger charge is -2.27. The first-order valence-electron chi connectivity index (χ1n) is 5.37. The van der Waals surface area contributed by atoms with Crippen LogP contribution in [0, 0.1) is 11.8 Å². The Labute approximate surface area is 97.0 Å². The van der Waals surface area contributed by atoms with Crippen molar-refractivity contribution in [3.05, 3.63) is 11.5 Å². The van der Waals surface area contributed by atoms with E-state index in [1.807, 2.05) is 0 Å². The van der Waals surface area contributed by atoms with E-state index in [2.05, 4.69) is 10.2 Å². The molecule has 3 atom stereocenters. The topological polar surface area (TPSA) is 125 Å². The Kier molecular flexibility index (Phi) is 2.93. The van der Waals surface area contributed by atoms with Gasteiger partial charge in [0.25, 0.3) is 0 Å². The molecule has 0 heterocycles. The second kappa shape index (κ2) is 4.25. The van der Waals surface area contributed by atoms with Crippen molar-refractivity contribution < 1.29 is 19.8 Å². The fourth-order valence-electron chi connectivity index (χ4n) is 2.44. The van der Waals surface area contributed by atoms with Gasteiger partial charge in [-0.15, -0.1) is 5.11 Å². The third-order valence-electron chi connectivity index (χ3n) is 3.24. The molecule has 0 bridgehead atoms. The second-order valence-corrected chi connectivity index (χ2v) is 4.32. The molecule has 0 aromatic heterocycles. The number of aliphatic hydroxyl groups is 2. The summed E-state index contributed by atoms with van der Waals surface area (Å²) < 4.78 is 0. The van der Waals surface area contributed by atoms with Crippen LogP contribution in [0.15, 0.2) is 21.7 Å². The van der Waals surface area contributed by atoms with E-state index in [0.717, 1.165) is 0 Å². The number of nitrogens with zero attached hydrogens (tertiary/aromatic N) is 2. The van der Waals surface area contributed by atoms with Crippen LogP contribution in [0.1, 0.15) is 19.3 Å². The lowest BCUT2D eigenvalue weighted by Crippen LogP contribution is -2.29. The predicted molar refractivity (Wildman–Crippen MR) is 55.9 cm³/mol. The van der Waals surface area contributed by atoms with Crippen molar-refractivity contribution in [2.45, 2.75) is 25.4 Å². The number of carbonyl (C=O) groups excluding carboxylic acids is 2. The van der Waals surface area contributed by atoms with Crippen LogP contribution >= 0.6 is 0 Å². The van der Waals surface area contributed by atoms with Crippen LogP contribution in [-0.4, -0.2) is 28.1 Å². The van der Waals surface area contributed by atoms with E-state index < -0.39 is 18.1 Å². The van der Waals surface area contributed by atoms with E-state index in [-0.39, 0.29) is 23.2 Å². The quantitative estimate of drug-likeness (QED) is 0.580. The van der Waals surface area contributed by atoms with Crippen molar-refractivity contribution in [3.8, 4) is 0 Å². The number of hydrogen-bond donors (Lipinski definition) is 3. The standard InChI is InChI=1S/C10H13N3O4/c11-10(17)13-12-7-8(15)5-2-1-4(14)3-6(5)9(7)16/h4-6,14,16H,1-3H2,(H2,11,17). The zero-order valence-corrected chi connectivity index (χ0v) is 9.04. The summed E-state index contributed by atoms with van der Waals surface area (Å²) in [6.07, 6.45) is 0.849. The first-order valence-corrected chi connectivity index (χ1v) is 5.37. The van der Waals surface area contributed by atoms with Gasteiger partial charge in [-0.05, 0) is 19.3 Å². The monoisotopic (exact) mass is 239 g/mol. The molecule has 2 amide bonds. The van der Waals surface area contributed by atoms with Crippen molar-refractivity contribution in [1.29, 1.82) is 0 Å². The van der Waals surface area contributed by atoms with Gasteiger partial charge in [-0.2, -0.15) is 0 Å². The summed E-state index contributed by atoms with van der Waals surface area (Å²) in [4.78, 5) is 22.3. The van der Waals surface area contributed by atoms with Gasteiger partial charge in [0.1, 0.15) is 5.76 Å². The average molecular weight is 239 g/mol. The van der Waals surface area contributed by atoms with Crippen LogP contribution in [0.2, 0.25) is 0 Å². The fourth-order valence-corrected chi connectivity index (χ4v) is 2.44. The number of allylic oxidation sites excluding steroid dienone is 2. The number of carbonyl (C=O) groups is 2. The third-order valence-corrected chi connectivity index (χ3v) is 3.24. The molecule has 0 aromatic rings. The molecule has 7 nitrogen and oxygen atoms in total. The fraction of sp³-hybridized carbons (Fsp3) is 0.600. The first kappa shape index (κ1) is 11.7. The molecule has 3 unspecified atom stereocenters. The highest BCUT2D eigenvalue weighted by Gasteiger charge is 2.45. The van der Waals surface area contributed by atoms with Crippen molar-refractivity contribution in [1.82, 2.24) is 0 Å². The summed E-state index contributed by atoms with van der Waals surface area (Å²) in [5.41, 5.74) is 4.57. The van der Waals surface area contributed by atoms with Crippen LogP contribution in [0.5, 0.6) is 0 Å². The van der Waals surface area contributed by atoms with Crippen LogP contribution in [-0.2, 0) is 4.79 Å². The maximum absolute atomic E-state index is 11.9. The van der Waals surface area contributed by atoms with Gasteiger partial charge in [-0.3, -0.25) is 4.79 Å². The molecule has 2 aliphatic rings. The van der Waals surface area contributed by atoms with E-state index in [0.29, 0.717) is 19.3 Å². The molecular formula is C10H13N3O4. The van der Waals surface area contributed by atoms with Gasteiger partial charge in [0.05, 0.1) is 6.10 Å². The Bertz CT molecular complexity index is 429. The molecule has 4 N–H and O–H groups in total. The average Bonchev–Trinajstić information content (AvgIpc) is 2.49. The molecule has 0 radical (unpaired) electrons. The van der Waals surface area contributed by atoms with Gasteiger partial charge < -0.3 is 15.9 Å². The number of nitrogens with two attached hydrogens (primary N) is 1. The molecule has 2 aliphatic carbocycles. The molecular weight excluding hydrogens is 226 g/mol. The van der Waals surface area contributed by atoms with Crippen molar-refractivity contribution in [2.24, 2.45) is 27.8 Å². The number of amides is 2. The number of hydrogen-bond acceptors (Lipinski definition) is 5. The van der Waals surface area contributed by atoms with Crippen molar-refractivity contribution in [2.75, 3.05) is 0 Å². The lowest BCUT2D eigenvalue weighted by atomic mass is 9.79. The molecule has 0 aliphatic heterocycles. The van der Waals surface area contributed by atoms with E-state index in [1.165, 1.54) is 0 Å². The number of ketones is 1. The normalized spacial score (nSPS) is 33.2. The van der Waals surface area contributed by atoms with Crippen LogP contribution < -0.4 is 5.73 Å². The van der Waals surface area contributed by atoms with Gasteiger partial charge in [0.2, 0.25) is 0 Å². The Morgan fingerprint density at radius 1 is 1.35 bits per heavy atom. The molecule has 1 fully saturated rings. The molecule has 7 heteroatoms. The summed E-state index contributed by atoms with van der Waals surface area (Å²) in [7, 11) is 0. The number of fused-ring (bicyclic) bond motifs is 1. The highest BCUT2D eigenvalue weighted by atomic mass is 16.3. The molecule has 17 heavy (non-hydrogen) atoms. The zero-order chi connectivity index (χ0) is 12.6. The molecule has 1 saturated carbocycles. The van der Waals surface area contributed by atoms with Crippen LogP contribution in [0.25, 0.3) is 0 Å². The molecule has 0 saturated heterocycles. The van der Waals surface area contributed by atoms with Crippen molar-refractivity contribution in [3.63, 3.8) is 0 Å². The number of urea groups is 1. The van der Waals surface area contributed by atoms with Crippen LogP contribution in [0.4, 0.5) is 4.79 Å². The Balaban J connectivity index is 2.26. The highest BCUT2D eigenvalue weighted by Crippen LogP contribution is 2.42. The number of Topliss-reactive ketones (excluding diaryl/α,β-unsaturated/α-hetero) is 1. The summed E-state index contributed by atoms with van der Waals surface area (Å²) in [6.45, 7) is 0. The van der Waals surface area contributed by atoms with Gasteiger partial charge in [0.15, 0.2) is 11.5 Å². The Morgan fingerprint density at radius 2 is 2.06 bits per heavy atom. The summed E-state index contributed by atoms with van der Waals surface area (Å²) >= 11 is 0. The third kappa shape index (κ3) is 2.05.